The van der Waals surface area contributed by atoms with Crippen LogP contribution in [0.15, 0.2) is 25.3 Å². The summed E-state index contributed by atoms with van der Waals surface area (Å²) in [4.78, 5) is 0. The Morgan fingerprint density at radius 1 is 1.54 bits per heavy atom. The van der Waals surface area contributed by atoms with Crippen LogP contribution in [0.1, 0.15) is 0 Å². The summed E-state index contributed by atoms with van der Waals surface area (Å²) in [6.45, 7) is 9.55. The van der Waals surface area contributed by atoms with Crippen LogP contribution in [0.3, 0.4) is 0 Å². The molecule has 2 unspecified atom stereocenters. The molecule has 0 radical (unpaired) electrons. The number of halogens is 1. The maximum atomic E-state index is 5.33. The van der Waals surface area contributed by atoms with Crippen LogP contribution in [0.5, 0.6) is 0 Å². The van der Waals surface area contributed by atoms with Crippen LogP contribution < -0.4 is 11.1 Å². The maximum Gasteiger partial charge on any atom is 0.110 e. The van der Waals surface area contributed by atoms with Crippen LogP contribution >= 0.6 is 11.6 Å². The molecule has 3 N–H and O–H groups in total. The quantitative estimate of drug-likeness (QED) is 0.230. The van der Waals surface area contributed by atoms with Gasteiger partial charge >= 0.3 is 0 Å². The molecule has 1 aliphatic heterocycles. The number of ether oxygens (including phenoxy) is 1. The second-order valence-electron chi connectivity index (χ2n) is 2.55. The lowest BCUT2D eigenvalue weighted by Gasteiger charge is -1.90. The maximum absolute atomic E-state index is 5.33. The fourth-order valence-corrected chi connectivity index (χ4v) is 0.672. The van der Waals surface area contributed by atoms with Gasteiger partial charge in [-0.1, -0.05) is 12.2 Å². The lowest BCUT2D eigenvalue weighted by Crippen LogP contribution is -2.18. The van der Waals surface area contributed by atoms with Gasteiger partial charge in [-0.3, -0.25) is 0 Å². The van der Waals surface area contributed by atoms with E-state index in [2.05, 4.69) is 18.5 Å². The summed E-state index contributed by atoms with van der Waals surface area (Å²) >= 11 is 5.33. The topological polar surface area (TPSA) is 50.6 Å². The fourth-order valence-electron chi connectivity index (χ4n) is 0.527. The molecule has 1 heterocycles. The van der Waals surface area contributed by atoms with Crippen LogP contribution in [0, 0.1) is 0 Å². The Balaban J connectivity index is 0.000000223. The van der Waals surface area contributed by atoms with Gasteiger partial charge in [0, 0.05) is 13.1 Å². The average molecular weight is 205 g/mol. The molecule has 0 amide bonds. The van der Waals surface area contributed by atoms with Crippen molar-refractivity contribution in [3.8, 4) is 0 Å². The van der Waals surface area contributed by atoms with Crippen LogP contribution in [0.2, 0.25) is 0 Å². The average Bonchev–Trinajstić information content (AvgIpc) is 2.88. The minimum Gasteiger partial charge on any atom is -0.370 e. The molecule has 1 saturated heterocycles. The smallest absolute Gasteiger partial charge is 0.110 e. The molecule has 13 heavy (non-hydrogen) atoms. The van der Waals surface area contributed by atoms with E-state index in [0.29, 0.717) is 0 Å². The Bertz CT molecular complexity index is 139. The second kappa shape index (κ2) is 8.26. The lowest BCUT2D eigenvalue weighted by molar-refractivity contribution is 0.402. The number of alkyl halides is 1. The van der Waals surface area contributed by atoms with Gasteiger partial charge in [-0.25, -0.2) is 0 Å². The van der Waals surface area contributed by atoms with E-state index in [9.17, 15) is 0 Å². The van der Waals surface area contributed by atoms with Crippen molar-refractivity contribution in [2.24, 2.45) is 5.73 Å². The Kier molecular flexibility index (Phi) is 8.04. The molecule has 0 aliphatic carbocycles. The normalized spacial score (nSPS) is 20.9. The summed E-state index contributed by atoms with van der Waals surface area (Å²) < 4.78 is 4.71. The molecule has 2 atom stereocenters. The summed E-state index contributed by atoms with van der Waals surface area (Å²) in [5, 5.41) is 3.05. The van der Waals surface area contributed by atoms with Crippen molar-refractivity contribution >= 4 is 11.6 Å². The van der Waals surface area contributed by atoms with Crippen molar-refractivity contribution in [1.29, 1.82) is 0 Å². The molecule has 0 saturated carbocycles. The van der Waals surface area contributed by atoms with E-state index in [0.717, 1.165) is 19.7 Å². The number of hydrogen-bond donors (Lipinski definition) is 2. The first-order valence-electron chi connectivity index (χ1n) is 4.16. The zero-order chi connectivity index (χ0) is 10.1. The number of epoxide rings is 1. The molecular weight excluding hydrogens is 188 g/mol. The standard InChI is InChI=1S/C6H11N.C3H6ClNO/c1-3-5-7-6-4-2;4-3(5)2-1-6-2/h3-4,7H,1-2,5-6H2;2-3H,1,5H2. The number of nitrogens with one attached hydrogen (secondary N) is 1. The van der Waals surface area contributed by atoms with E-state index in [1.165, 1.54) is 0 Å². The molecule has 0 aromatic rings. The third-order valence-corrected chi connectivity index (χ3v) is 1.57. The minimum atomic E-state index is -0.287. The molecule has 1 fully saturated rings. The van der Waals surface area contributed by atoms with Gasteiger partial charge in [0.1, 0.15) is 11.6 Å². The highest BCUT2D eigenvalue weighted by atomic mass is 35.5. The molecule has 0 bridgehead atoms. The van der Waals surface area contributed by atoms with E-state index in [4.69, 9.17) is 22.1 Å². The Morgan fingerprint density at radius 2 is 2.00 bits per heavy atom. The predicted molar refractivity (Wildman–Crippen MR) is 56.8 cm³/mol. The molecule has 4 heteroatoms. The monoisotopic (exact) mass is 204 g/mol. The first kappa shape index (κ1) is 12.7. The fraction of sp³-hybridized carbons (Fsp3) is 0.556. The second-order valence-corrected chi connectivity index (χ2v) is 3.06. The van der Waals surface area contributed by atoms with E-state index in [1.807, 2.05) is 12.2 Å². The molecule has 0 aromatic carbocycles. The number of nitrogens with two attached hydrogens (primary N) is 1. The van der Waals surface area contributed by atoms with Crippen LogP contribution in [0.4, 0.5) is 0 Å². The van der Waals surface area contributed by atoms with Crippen molar-refractivity contribution in [2.45, 2.75) is 11.6 Å². The van der Waals surface area contributed by atoms with Gasteiger partial charge in [0.15, 0.2) is 0 Å². The van der Waals surface area contributed by atoms with E-state index >= 15 is 0 Å². The molecular formula is C9H17ClN2O. The van der Waals surface area contributed by atoms with Gasteiger partial charge in [-0.05, 0) is 0 Å². The number of rotatable bonds is 5. The highest BCUT2D eigenvalue weighted by Gasteiger charge is 2.27. The summed E-state index contributed by atoms with van der Waals surface area (Å²) in [6, 6.07) is 0. The van der Waals surface area contributed by atoms with E-state index in [1.54, 1.807) is 0 Å². The minimum absolute atomic E-state index is 0.145. The SMILES string of the molecule is C=CCNCC=C.NC(Cl)C1CO1. The summed E-state index contributed by atoms with van der Waals surface area (Å²) in [6.07, 6.45) is 3.79. The third kappa shape index (κ3) is 9.56. The third-order valence-electron chi connectivity index (χ3n) is 1.29. The largest absolute Gasteiger partial charge is 0.370 e. The Morgan fingerprint density at radius 3 is 2.15 bits per heavy atom. The highest BCUT2D eigenvalue weighted by Crippen LogP contribution is 2.13. The molecule has 3 nitrogen and oxygen atoms in total. The lowest BCUT2D eigenvalue weighted by atomic mass is 10.5. The molecule has 76 valence electrons. The van der Waals surface area contributed by atoms with Gasteiger partial charge in [-0.2, -0.15) is 0 Å². The first-order valence-corrected chi connectivity index (χ1v) is 4.59. The Labute approximate surface area is 84.6 Å². The Hall–Kier alpha value is -0.350. The molecule has 0 spiro atoms. The molecule has 0 aromatic heterocycles. The highest BCUT2D eigenvalue weighted by molar-refractivity contribution is 6.20. The van der Waals surface area contributed by atoms with Gasteiger partial charge in [0.2, 0.25) is 0 Å². The zero-order valence-corrected chi connectivity index (χ0v) is 8.46. The van der Waals surface area contributed by atoms with Crippen molar-refractivity contribution in [3.05, 3.63) is 25.3 Å². The van der Waals surface area contributed by atoms with Crippen molar-refractivity contribution < 1.29 is 4.74 Å². The first-order chi connectivity index (χ1) is 6.22. The summed E-state index contributed by atoms with van der Waals surface area (Å²) in [5.74, 6) is 0. The van der Waals surface area contributed by atoms with Crippen LogP contribution in [-0.2, 0) is 4.74 Å². The van der Waals surface area contributed by atoms with Crippen LogP contribution in [-0.4, -0.2) is 31.3 Å². The summed E-state index contributed by atoms with van der Waals surface area (Å²) in [7, 11) is 0. The van der Waals surface area contributed by atoms with Gasteiger partial charge in [0.25, 0.3) is 0 Å². The predicted octanol–water partition coefficient (Wildman–Crippen LogP) is 0.857. The van der Waals surface area contributed by atoms with Crippen molar-refractivity contribution in [1.82, 2.24) is 5.32 Å². The molecule has 1 rings (SSSR count). The van der Waals surface area contributed by atoms with Crippen molar-refractivity contribution in [2.75, 3.05) is 19.7 Å². The van der Waals surface area contributed by atoms with E-state index in [-0.39, 0.29) is 11.6 Å². The zero-order valence-electron chi connectivity index (χ0n) is 7.71. The number of hydrogen-bond acceptors (Lipinski definition) is 3. The van der Waals surface area contributed by atoms with Crippen LogP contribution in [0.25, 0.3) is 0 Å². The van der Waals surface area contributed by atoms with Gasteiger partial charge < -0.3 is 15.8 Å². The van der Waals surface area contributed by atoms with E-state index < -0.39 is 0 Å². The summed E-state index contributed by atoms with van der Waals surface area (Å²) in [5.41, 5.74) is 4.85. The van der Waals surface area contributed by atoms with Crippen molar-refractivity contribution in [3.63, 3.8) is 0 Å². The molecule has 1 aliphatic rings. The van der Waals surface area contributed by atoms with Gasteiger partial charge in [0.05, 0.1) is 6.61 Å². The van der Waals surface area contributed by atoms with Gasteiger partial charge in [-0.15, -0.1) is 24.8 Å².